The molecule has 0 fully saturated rings. The highest BCUT2D eigenvalue weighted by molar-refractivity contribution is 6.37. The van der Waals surface area contributed by atoms with E-state index < -0.39 is 0 Å². The second kappa shape index (κ2) is 7.18. The normalized spacial score (nSPS) is 15.9. The summed E-state index contributed by atoms with van der Waals surface area (Å²) in [5.41, 5.74) is 2.30. The van der Waals surface area contributed by atoms with E-state index >= 15 is 0 Å². The lowest BCUT2D eigenvalue weighted by atomic mass is 9.99. The molecule has 128 valence electrons. The zero-order chi connectivity index (χ0) is 16.8. The van der Waals surface area contributed by atoms with E-state index in [1.807, 2.05) is 13.1 Å². The van der Waals surface area contributed by atoms with Gasteiger partial charge in [0.15, 0.2) is 12.1 Å². The molecule has 0 N–H and O–H groups in total. The van der Waals surface area contributed by atoms with Gasteiger partial charge in [0.2, 0.25) is 0 Å². The molecule has 0 unspecified atom stereocenters. The van der Waals surface area contributed by atoms with Crippen molar-refractivity contribution in [2.45, 2.75) is 19.4 Å². The fourth-order valence-electron chi connectivity index (χ4n) is 2.60. The van der Waals surface area contributed by atoms with Crippen LogP contribution in [-0.4, -0.2) is 29.7 Å². The highest BCUT2D eigenvalue weighted by Crippen LogP contribution is 2.35. The van der Waals surface area contributed by atoms with Crippen LogP contribution in [0.4, 0.5) is 4.39 Å². The van der Waals surface area contributed by atoms with Crippen LogP contribution in [0.2, 0.25) is 10.0 Å². The molecular formula is C18H17Cl2FINO. The third-order valence-corrected chi connectivity index (χ3v) is 4.72. The quantitative estimate of drug-likeness (QED) is 0.474. The fourth-order valence-corrected chi connectivity index (χ4v) is 3.18. The SMILES string of the molecule is C[N+]1=C(c2c(Cl)cc(Cl)cc2-c2ccc(F)cc2)OCC1(C)C.[I-]. The van der Waals surface area contributed by atoms with Gasteiger partial charge < -0.3 is 28.7 Å². The summed E-state index contributed by atoms with van der Waals surface area (Å²) in [6.07, 6.45) is 0. The summed E-state index contributed by atoms with van der Waals surface area (Å²) in [7, 11) is 1.97. The second-order valence-electron chi connectivity index (χ2n) is 6.28. The molecule has 2 aromatic rings. The molecule has 2 nitrogen and oxygen atoms in total. The van der Waals surface area contributed by atoms with Crippen molar-refractivity contribution in [3.8, 4) is 11.1 Å². The van der Waals surface area contributed by atoms with Crippen molar-refractivity contribution >= 4 is 29.1 Å². The molecule has 1 aliphatic heterocycles. The fraction of sp³-hybridized carbons (Fsp3) is 0.278. The van der Waals surface area contributed by atoms with Crippen molar-refractivity contribution in [3.63, 3.8) is 0 Å². The van der Waals surface area contributed by atoms with Crippen LogP contribution in [0.15, 0.2) is 36.4 Å². The average molecular weight is 480 g/mol. The van der Waals surface area contributed by atoms with Gasteiger partial charge in [0.25, 0.3) is 0 Å². The van der Waals surface area contributed by atoms with Gasteiger partial charge in [-0.15, -0.1) is 0 Å². The minimum Gasteiger partial charge on any atom is -1.00 e. The first-order valence-corrected chi connectivity index (χ1v) is 8.04. The number of nitrogens with zero attached hydrogens (tertiary/aromatic N) is 1. The van der Waals surface area contributed by atoms with Crippen LogP contribution >= 0.6 is 23.2 Å². The summed E-state index contributed by atoms with van der Waals surface area (Å²) in [6, 6.07) is 9.78. The van der Waals surface area contributed by atoms with Crippen molar-refractivity contribution in [1.29, 1.82) is 0 Å². The van der Waals surface area contributed by atoms with Crippen LogP contribution < -0.4 is 24.0 Å². The molecule has 0 bridgehead atoms. The largest absolute Gasteiger partial charge is 1.00 e. The molecule has 0 spiro atoms. The smallest absolute Gasteiger partial charge is 0.372 e. The van der Waals surface area contributed by atoms with Gasteiger partial charge in [-0.2, -0.15) is 4.58 Å². The lowest BCUT2D eigenvalue weighted by Crippen LogP contribution is -3.00. The van der Waals surface area contributed by atoms with E-state index in [9.17, 15) is 4.39 Å². The average Bonchev–Trinajstić information content (AvgIpc) is 2.74. The van der Waals surface area contributed by atoms with Crippen molar-refractivity contribution in [2.75, 3.05) is 13.7 Å². The van der Waals surface area contributed by atoms with Gasteiger partial charge in [-0.3, -0.25) is 0 Å². The molecular weight excluding hydrogens is 463 g/mol. The first-order valence-electron chi connectivity index (χ1n) is 7.28. The summed E-state index contributed by atoms with van der Waals surface area (Å²) in [4.78, 5) is 0. The summed E-state index contributed by atoms with van der Waals surface area (Å²) < 4.78 is 21.2. The van der Waals surface area contributed by atoms with Crippen molar-refractivity contribution < 1.29 is 37.7 Å². The van der Waals surface area contributed by atoms with Gasteiger partial charge in [0.05, 0.1) is 5.02 Å². The minimum atomic E-state index is -0.286. The Balaban J connectivity index is 0.00000208. The lowest BCUT2D eigenvalue weighted by Gasteiger charge is -2.12. The number of ether oxygens (including phenoxy) is 1. The van der Waals surface area contributed by atoms with Crippen LogP contribution in [-0.2, 0) is 4.74 Å². The first kappa shape index (κ1) is 19.5. The van der Waals surface area contributed by atoms with Gasteiger partial charge in [-0.25, -0.2) is 4.39 Å². The van der Waals surface area contributed by atoms with Crippen molar-refractivity contribution in [2.24, 2.45) is 0 Å². The number of rotatable bonds is 2. The van der Waals surface area contributed by atoms with Crippen molar-refractivity contribution in [3.05, 3.63) is 57.8 Å². The van der Waals surface area contributed by atoms with E-state index in [0.717, 1.165) is 16.7 Å². The molecule has 0 saturated carbocycles. The first-order chi connectivity index (χ1) is 10.8. The monoisotopic (exact) mass is 479 g/mol. The predicted octanol–water partition coefficient (Wildman–Crippen LogP) is 2.00. The Morgan fingerprint density at radius 1 is 1.12 bits per heavy atom. The Hall–Kier alpha value is -0.850. The lowest BCUT2D eigenvalue weighted by molar-refractivity contribution is -0.562. The van der Waals surface area contributed by atoms with E-state index in [0.29, 0.717) is 22.5 Å². The number of benzene rings is 2. The van der Waals surface area contributed by atoms with Gasteiger partial charge in [-0.05, 0) is 29.8 Å². The van der Waals surface area contributed by atoms with Crippen LogP contribution in [0.25, 0.3) is 11.1 Å². The maximum atomic E-state index is 13.2. The Morgan fingerprint density at radius 2 is 1.75 bits per heavy atom. The molecule has 24 heavy (non-hydrogen) atoms. The summed E-state index contributed by atoms with van der Waals surface area (Å²) >= 11 is 12.6. The van der Waals surface area contributed by atoms with Crippen LogP contribution in [0.5, 0.6) is 0 Å². The van der Waals surface area contributed by atoms with E-state index in [1.54, 1.807) is 18.2 Å². The molecule has 0 atom stereocenters. The summed E-state index contributed by atoms with van der Waals surface area (Å²) in [5.74, 6) is 0.419. The number of likely N-dealkylation sites (N-methyl/N-ethyl adjacent to an activating group) is 1. The van der Waals surface area contributed by atoms with E-state index in [1.165, 1.54) is 12.1 Å². The highest BCUT2D eigenvalue weighted by Gasteiger charge is 2.42. The maximum absolute atomic E-state index is 13.2. The molecule has 0 aliphatic carbocycles. The minimum absolute atomic E-state index is 0. The molecule has 0 amide bonds. The van der Waals surface area contributed by atoms with Gasteiger partial charge in [0.1, 0.15) is 18.4 Å². The van der Waals surface area contributed by atoms with Gasteiger partial charge >= 0.3 is 5.90 Å². The zero-order valence-electron chi connectivity index (χ0n) is 13.5. The third kappa shape index (κ3) is 3.55. The predicted molar refractivity (Wildman–Crippen MR) is 92.2 cm³/mol. The number of halogens is 4. The molecule has 2 aromatic carbocycles. The Bertz CT molecular complexity index is 803. The Labute approximate surface area is 168 Å². The molecule has 0 saturated heterocycles. The van der Waals surface area contributed by atoms with E-state index in [-0.39, 0.29) is 35.3 Å². The van der Waals surface area contributed by atoms with E-state index in [4.69, 9.17) is 27.9 Å². The Kier molecular flexibility index (Phi) is 5.83. The maximum Gasteiger partial charge on any atom is 0.372 e. The van der Waals surface area contributed by atoms with Crippen LogP contribution in [0.1, 0.15) is 19.4 Å². The molecule has 3 rings (SSSR count). The molecule has 0 aromatic heterocycles. The molecule has 1 heterocycles. The highest BCUT2D eigenvalue weighted by atomic mass is 127. The molecule has 0 radical (unpaired) electrons. The van der Waals surface area contributed by atoms with Crippen molar-refractivity contribution in [1.82, 2.24) is 0 Å². The number of hydrogen-bond acceptors (Lipinski definition) is 1. The van der Waals surface area contributed by atoms with Crippen LogP contribution in [0, 0.1) is 5.82 Å². The van der Waals surface area contributed by atoms with Crippen LogP contribution in [0.3, 0.4) is 0 Å². The number of hydrogen-bond donors (Lipinski definition) is 0. The second-order valence-corrected chi connectivity index (χ2v) is 7.13. The molecule has 6 heteroatoms. The van der Waals surface area contributed by atoms with Gasteiger partial charge in [-0.1, -0.05) is 35.3 Å². The molecule has 1 aliphatic rings. The third-order valence-electron chi connectivity index (χ3n) is 4.20. The standard InChI is InChI=1S/C18H17Cl2FNO.HI/c1-18(2)10-23-17(22(18)3)16-14(8-12(19)9-15(16)20)11-4-6-13(21)7-5-11;/h4-9H,10H2,1-3H3;1H/q+1;/p-1. The summed E-state index contributed by atoms with van der Waals surface area (Å²) in [6.45, 7) is 4.77. The Morgan fingerprint density at radius 3 is 2.29 bits per heavy atom. The summed E-state index contributed by atoms with van der Waals surface area (Å²) in [5, 5.41) is 1.04. The topological polar surface area (TPSA) is 12.2 Å². The van der Waals surface area contributed by atoms with E-state index in [2.05, 4.69) is 18.4 Å². The zero-order valence-corrected chi connectivity index (χ0v) is 17.2. The van der Waals surface area contributed by atoms with Gasteiger partial charge in [0, 0.05) is 24.4 Å².